The van der Waals surface area contributed by atoms with Gasteiger partial charge < -0.3 is 19.5 Å². The first-order valence-corrected chi connectivity index (χ1v) is 11.5. The third-order valence-electron chi connectivity index (χ3n) is 5.33. The van der Waals surface area contributed by atoms with E-state index in [1.807, 2.05) is 30.3 Å². The molecule has 2 heterocycles. The summed E-state index contributed by atoms with van der Waals surface area (Å²) in [5.74, 6) is 0.975. The lowest BCUT2D eigenvalue weighted by atomic mass is 10.3. The fraction of sp³-hybridized carbons (Fsp3) is 0.333. The van der Waals surface area contributed by atoms with Gasteiger partial charge in [-0.1, -0.05) is 17.8 Å². The Morgan fingerprint density at radius 3 is 2.76 bits per heavy atom. The van der Waals surface area contributed by atoms with Crippen LogP contribution < -0.4 is 10.1 Å². The van der Waals surface area contributed by atoms with Gasteiger partial charge in [0, 0.05) is 50.2 Å². The molecule has 3 aromatic rings. The van der Waals surface area contributed by atoms with Crippen molar-refractivity contribution in [3.8, 4) is 5.75 Å². The van der Waals surface area contributed by atoms with Gasteiger partial charge in [-0.15, -0.1) is 0 Å². The lowest BCUT2D eigenvalue weighted by molar-refractivity contribution is -0.0808. The summed E-state index contributed by atoms with van der Waals surface area (Å²) >= 11 is 1.44. The first kappa shape index (κ1) is 23.4. The number of likely N-dealkylation sites (tertiary alicyclic amines) is 1. The zero-order valence-corrected chi connectivity index (χ0v) is 19.4. The standard InChI is InChI=1S/C24H27FN4O3S/c1-30-21-11-13-29(23(21)31-2)14-15-32-19-5-3-4-18(16-19)27-24-26-12-10-22(28-24)33-20-8-6-17(25)7-9-20/h3-10,12,16,21,23H,11,13-15H2,1-2H3,(H,26,27,28). The van der Waals surface area contributed by atoms with Crippen LogP contribution in [-0.4, -0.2) is 61.1 Å². The summed E-state index contributed by atoms with van der Waals surface area (Å²) in [5.41, 5.74) is 0.826. The first-order chi connectivity index (χ1) is 16.1. The fourth-order valence-electron chi connectivity index (χ4n) is 3.73. The molecule has 0 bridgehead atoms. The summed E-state index contributed by atoms with van der Waals surface area (Å²) in [6, 6.07) is 15.8. The number of hydrogen-bond acceptors (Lipinski definition) is 8. The minimum absolute atomic E-state index is 0.0381. The lowest BCUT2D eigenvalue weighted by Gasteiger charge is -2.25. The van der Waals surface area contributed by atoms with Gasteiger partial charge >= 0.3 is 0 Å². The highest BCUT2D eigenvalue weighted by Gasteiger charge is 2.33. The number of hydrogen-bond donors (Lipinski definition) is 1. The van der Waals surface area contributed by atoms with Crippen molar-refractivity contribution in [3.63, 3.8) is 0 Å². The molecule has 1 saturated heterocycles. The maximum atomic E-state index is 13.1. The molecule has 1 aliphatic rings. The van der Waals surface area contributed by atoms with Gasteiger partial charge in [0.1, 0.15) is 29.4 Å². The number of benzene rings is 2. The highest BCUT2D eigenvalue weighted by Crippen LogP contribution is 2.27. The SMILES string of the molecule is COC1CCN(CCOc2cccc(Nc3nccc(Sc4ccc(F)cc4)n3)c2)C1OC. The third-order valence-corrected chi connectivity index (χ3v) is 6.27. The van der Waals surface area contributed by atoms with E-state index in [9.17, 15) is 4.39 Å². The Bertz CT molecular complexity index is 1040. The number of nitrogens with one attached hydrogen (secondary N) is 1. The molecule has 0 radical (unpaired) electrons. The Morgan fingerprint density at radius 2 is 1.97 bits per heavy atom. The minimum atomic E-state index is -0.260. The van der Waals surface area contributed by atoms with Crippen LogP contribution in [0.1, 0.15) is 6.42 Å². The molecule has 33 heavy (non-hydrogen) atoms. The molecule has 1 aliphatic heterocycles. The summed E-state index contributed by atoms with van der Waals surface area (Å²) < 4.78 is 30.1. The molecule has 174 valence electrons. The summed E-state index contributed by atoms with van der Waals surface area (Å²) in [7, 11) is 3.43. The van der Waals surface area contributed by atoms with Gasteiger partial charge in [0.25, 0.3) is 0 Å². The molecule has 1 N–H and O–H groups in total. The molecule has 0 aliphatic carbocycles. The predicted molar refractivity (Wildman–Crippen MR) is 126 cm³/mol. The van der Waals surface area contributed by atoms with Crippen molar-refractivity contribution in [1.29, 1.82) is 0 Å². The van der Waals surface area contributed by atoms with Crippen LogP contribution in [0.2, 0.25) is 0 Å². The van der Waals surface area contributed by atoms with E-state index >= 15 is 0 Å². The Hall–Kier alpha value is -2.72. The second-order valence-corrected chi connectivity index (χ2v) is 8.59. The van der Waals surface area contributed by atoms with Gasteiger partial charge in [-0.25, -0.2) is 14.4 Å². The minimum Gasteiger partial charge on any atom is -0.492 e. The third kappa shape index (κ3) is 6.42. The normalized spacial score (nSPS) is 18.4. The van der Waals surface area contributed by atoms with Crippen LogP contribution in [0.15, 0.2) is 70.7 Å². The molecule has 0 saturated carbocycles. The van der Waals surface area contributed by atoms with E-state index in [0.29, 0.717) is 12.6 Å². The monoisotopic (exact) mass is 470 g/mol. The van der Waals surface area contributed by atoms with Crippen LogP contribution in [0, 0.1) is 5.82 Å². The summed E-state index contributed by atoms with van der Waals surface area (Å²) in [6.07, 6.45) is 2.70. The van der Waals surface area contributed by atoms with Crippen molar-refractivity contribution in [1.82, 2.24) is 14.9 Å². The zero-order valence-electron chi connectivity index (χ0n) is 18.6. The number of rotatable bonds is 10. The van der Waals surface area contributed by atoms with Crippen molar-refractivity contribution < 1.29 is 18.6 Å². The number of nitrogens with zero attached hydrogens (tertiary/aromatic N) is 3. The first-order valence-electron chi connectivity index (χ1n) is 10.7. The van der Waals surface area contributed by atoms with Crippen LogP contribution in [0.25, 0.3) is 0 Å². The van der Waals surface area contributed by atoms with Gasteiger partial charge in [0.2, 0.25) is 5.95 Å². The predicted octanol–water partition coefficient (Wildman–Crippen LogP) is 4.58. The molecule has 2 unspecified atom stereocenters. The summed E-state index contributed by atoms with van der Waals surface area (Å²) in [4.78, 5) is 12.0. The van der Waals surface area contributed by atoms with E-state index in [1.54, 1.807) is 32.5 Å². The van der Waals surface area contributed by atoms with Crippen LogP contribution >= 0.6 is 11.8 Å². The highest BCUT2D eigenvalue weighted by atomic mass is 32.2. The zero-order chi connectivity index (χ0) is 23.0. The summed E-state index contributed by atoms with van der Waals surface area (Å²) in [6.45, 7) is 2.22. The van der Waals surface area contributed by atoms with E-state index in [-0.39, 0.29) is 18.1 Å². The maximum Gasteiger partial charge on any atom is 0.228 e. The Morgan fingerprint density at radius 1 is 1.12 bits per heavy atom. The molecular formula is C24H27FN4O3S. The van der Waals surface area contributed by atoms with E-state index in [1.165, 1.54) is 23.9 Å². The Labute approximate surface area is 197 Å². The van der Waals surface area contributed by atoms with Gasteiger partial charge in [-0.3, -0.25) is 4.90 Å². The molecule has 2 aromatic carbocycles. The molecule has 1 aromatic heterocycles. The van der Waals surface area contributed by atoms with Crippen LogP contribution in [0.4, 0.5) is 16.0 Å². The largest absolute Gasteiger partial charge is 0.492 e. The van der Waals surface area contributed by atoms with Gasteiger partial charge in [0.05, 0.1) is 6.10 Å². The fourth-order valence-corrected chi connectivity index (χ4v) is 4.50. The quantitative estimate of drug-likeness (QED) is 0.432. The number of ether oxygens (including phenoxy) is 3. The average molecular weight is 471 g/mol. The van der Waals surface area contributed by atoms with Crippen molar-refractivity contribution in [2.75, 3.05) is 39.2 Å². The number of aromatic nitrogens is 2. The van der Waals surface area contributed by atoms with E-state index in [4.69, 9.17) is 14.2 Å². The highest BCUT2D eigenvalue weighted by molar-refractivity contribution is 7.99. The van der Waals surface area contributed by atoms with E-state index in [2.05, 4.69) is 20.2 Å². The topological polar surface area (TPSA) is 68.7 Å². The number of halogens is 1. The molecule has 7 nitrogen and oxygen atoms in total. The van der Waals surface area contributed by atoms with Crippen molar-refractivity contribution in [2.45, 2.75) is 28.7 Å². The van der Waals surface area contributed by atoms with Crippen molar-refractivity contribution >= 4 is 23.4 Å². The molecule has 1 fully saturated rings. The molecular weight excluding hydrogens is 443 g/mol. The number of anilines is 2. The van der Waals surface area contributed by atoms with E-state index < -0.39 is 0 Å². The maximum absolute atomic E-state index is 13.1. The van der Waals surface area contributed by atoms with Crippen molar-refractivity contribution in [3.05, 3.63) is 66.6 Å². The Balaban J connectivity index is 1.32. The molecule has 2 atom stereocenters. The van der Waals surface area contributed by atoms with E-state index in [0.717, 1.165) is 40.9 Å². The van der Waals surface area contributed by atoms with Crippen LogP contribution in [0.3, 0.4) is 0 Å². The average Bonchev–Trinajstić information content (AvgIpc) is 3.23. The van der Waals surface area contributed by atoms with Gasteiger partial charge in [-0.05, 0) is 48.9 Å². The molecule has 9 heteroatoms. The number of methoxy groups -OCH3 is 2. The summed E-state index contributed by atoms with van der Waals surface area (Å²) in [5, 5.41) is 3.98. The molecule has 0 spiro atoms. The lowest BCUT2D eigenvalue weighted by Crippen LogP contribution is -2.39. The van der Waals surface area contributed by atoms with Crippen LogP contribution in [0.5, 0.6) is 5.75 Å². The van der Waals surface area contributed by atoms with Crippen molar-refractivity contribution in [2.24, 2.45) is 0 Å². The van der Waals surface area contributed by atoms with Gasteiger partial charge in [0.15, 0.2) is 0 Å². The Kier molecular flexibility index (Phi) is 8.11. The smallest absolute Gasteiger partial charge is 0.228 e. The molecule has 4 rings (SSSR count). The second kappa shape index (κ2) is 11.4. The molecule has 0 amide bonds. The van der Waals surface area contributed by atoms with Crippen LogP contribution in [-0.2, 0) is 9.47 Å². The van der Waals surface area contributed by atoms with Gasteiger partial charge in [-0.2, -0.15) is 0 Å². The second-order valence-electron chi connectivity index (χ2n) is 7.50.